The molecule has 0 heterocycles. The average molecular weight is 193 g/mol. The summed E-state index contributed by atoms with van der Waals surface area (Å²) in [7, 11) is -2.52. The summed E-state index contributed by atoms with van der Waals surface area (Å²) in [5, 5.41) is 16.7. The second-order valence-corrected chi connectivity index (χ2v) is 3.35. The van der Waals surface area contributed by atoms with Gasteiger partial charge in [0.1, 0.15) is 0 Å². The van der Waals surface area contributed by atoms with Gasteiger partial charge in [-0.1, -0.05) is 4.74 Å². The molecule has 68 valence electrons. The van der Waals surface area contributed by atoms with Gasteiger partial charge in [0.2, 0.25) is 14.0 Å². The molecule has 0 rings (SSSR count). The van der Waals surface area contributed by atoms with Crippen LogP contribution in [-0.4, -0.2) is 34.4 Å². The maximum absolute atomic E-state index is 10.7. The number of carboxylic acid groups (broad SMARTS) is 1. The lowest BCUT2D eigenvalue weighted by molar-refractivity contribution is -0.161. The number of hydrogen-bond acceptors (Lipinski definition) is 5. The fourth-order valence-corrected chi connectivity index (χ4v) is 0.960. The first-order valence-electron chi connectivity index (χ1n) is 3.01. The molecular weight excluding hydrogens is 185 g/mol. The van der Waals surface area contributed by atoms with Crippen molar-refractivity contribution in [2.75, 3.05) is 6.61 Å². The molecule has 0 saturated carbocycles. The number of aliphatic carboxylic acids is 1. The maximum atomic E-state index is 10.7. The molecule has 2 atom stereocenters. The van der Waals surface area contributed by atoms with E-state index in [-0.39, 0.29) is 0 Å². The molecular formula is C5H8NO5P. The maximum Gasteiger partial charge on any atom is 0.338 e. The lowest BCUT2D eigenvalue weighted by Crippen LogP contribution is -2.22. The summed E-state index contributed by atoms with van der Waals surface area (Å²) in [6.45, 7) is 0.280. The van der Waals surface area contributed by atoms with Crippen LogP contribution in [-0.2, 0) is 9.59 Å². The highest BCUT2D eigenvalue weighted by atomic mass is 31.1. The number of carboxylic acids is 1. The van der Waals surface area contributed by atoms with Gasteiger partial charge >= 0.3 is 11.5 Å². The first-order valence-corrected chi connectivity index (χ1v) is 4.22. The summed E-state index contributed by atoms with van der Waals surface area (Å²) in [5.74, 6) is -1.40. The minimum Gasteiger partial charge on any atom is -0.605 e. The van der Waals surface area contributed by atoms with Crippen LogP contribution in [0.25, 0.3) is 0 Å². The van der Waals surface area contributed by atoms with Crippen molar-refractivity contribution < 1.29 is 24.7 Å². The molecule has 0 spiro atoms. The second kappa shape index (κ2) is 4.92. The Hall–Kier alpha value is -0.840. The highest BCUT2D eigenvalue weighted by molar-refractivity contribution is 7.59. The first-order chi connectivity index (χ1) is 5.49. The Labute approximate surface area is 69.4 Å². The van der Waals surface area contributed by atoms with Gasteiger partial charge in [0.05, 0.1) is 6.61 Å². The lowest BCUT2D eigenvalue weighted by Gasteiger charge is -1.98. The van der Waals surface area contributed by atoms with E-state index in [4.69, 9.17) is 10.2 Å². The van der Waals surface area contributed by atoms with Crippen LogP contribution in [0.15, 0.2) is 4.74 Å². The standard InChI is InChI=1S/C5H8NO5P/c1-3(8)12(11)6-4(2-7)5(9)10/h4,7H,2H2,1H3,(H,9,10)/t4-/m0/s1. The van der Waals surface area contributed by atoms with Crippen molar-refractivity contribution in [3.63, 3.8) is 0 Å². The Balaban J connectivity index is 4.46. The third-order valence-corrected chi connectivity index (χ3v) is 2.00. The van der Waals surface area contributed by atoms with Gasteiger partial charge in [-0.25, -0.2) is 9.59 Å². The minimum atomic E-state index is -2.52. The molecule has 0 aliphatic rings. The molecule has 0 aliphatic heterocycles. The Morgan fingerprint density at radius 2 is 2.17 bits per heavy atom. The fraction of sp³-hybridized carbons (Fsp3) is 0.600. The summed E-state index contributed by atoms with van der Waals surface area (Å²) in [6.07, 6.45) is 0. The van der Waals surface area contributed by atoms with Crippen LogP contribution in [0.5, 0.6) is 0 Å². The van der Waals surface area contributed by atoms with E-state index in [0.29, 0.717) is 0 Å². The molecule has 0 aromatic heterocycles. The number of nitrogens with zero attached hydrogens (tertiary/aromatic N) is 1. The molecule has 0 fully saturated rings. The minimum absolute atomic E-state index is 0.704. The van der Waals surface area contributed by atoms with Crippen molar-refractivity contribution in [2.24, 2.45) is 4.74 Å². The number of carbonyl (C=O) groups excluding carboxylic acids is 1. The fourth-order valence-electron chi connectivity index (χ4n) is 0.372. The van der Waals surface area contributed by atoms with Crippen molar-refractivity contribution in [3.8, 4) is 0 Å². The predicted octanol–water partition coefficient (Wildman–Crippen LogP) is -1.08. The molecule has 1 unspecified atom stereocenters. The first kappa shape index (κ1) is 11.2. The molecule has 0 bridgehead atoms. The molecule has 0 saturated heterocycles. The Kier molecular flexibility index (Phi) is 4.58. The molecule has 0 aliphatic carbocycles. The van der Waals surface area contributed by atoms with E-state index in [2.05, 4.69) is 4.74 Å². The summed E-state index contributed by atoms with van der Waals surface area (Å²) < 4.78 is 3.10. The van der Waals surface area contributed by atoms with E-state index >= 15 is 0 Å². The molecule has 0 radical (unpaired) electrons. The summed E-state index contributed by atoms with van der Waals surface area (Å²) in [6, 6.07) is -1.47. The van der Waals surface area contributed by atoms with Crippen molar-refractivity contribution >= 4 is 19.4 Å². The van der Waals surface area contributed by atoms with Gasteiger partial charge in [0.25, 0.3) is 0 Å². The quantitative estimate of drug-likeness (QED) is 0.551. The number of rotatable bonds is 4. The summed E-state index contributed by atoms with van der Waals surface area (Å²) in [4.78, 5) is 31.2. The molecule has 12 heavy (non-hydrogen) atoms. The zero-order valence-electron chi connectivity index (χ0n) is 6.30. The van der Waals surface area contributed by atoms with Gasteiger partial charge in [0.15, 0.2) is 0 Å². The number of carbonyl (C=O) groups is 2. The van der Waals surface area contributed by atoms with Crippen LogP contribution in [0.4, 0.5) is 0 Å². The predicted molar refractivity (Wildman–Crippen MR) is 38.5 cm³/mol. The van der Waals surface area contributed by atoms with Gasteiger partial charge in [-0.05, 0) is 0 Å². The van der Waals surface area contributed by atoms with Crippen molar-refractivity contribution in [1.82, 2.24) is 0 Å². The smallest absolute Gasteiger partial charge is 0.338 e. The number of aliphatic hydroxyl groups is 1. The molecule has 6 nitrogen and oxygen atoms in total. The van der Waals surface area contributed by atoms with E-state index in [1.807, 2.05) is 0 Å². The highest BCUT2D eigenvalue weighted by Gasteiger charge is 2.20. The van der Waals surface area contributed by atoms with E-state index in [9.17, 15) is 14.5 Å². The normalized spacial score (nSPS) is 14.1. The van der Waals surface area contributed by atoms with E-state index in [1.54, 1.807) is 0 Å². The lowest BCUT2D eigenvalue weighted by atomic mass is 10.3. The van der Waals surface area contributed by atoms with Crippen LogP contribution in [0.2, 0.25) is 0 Å². The van der Waals surface area contributed by atoms with Crippen LogP contribution >= 0.6 is 7.94 Å². The third-order valence-electron chi connectivity index (χ3n) is 0.972. The Morgan fingerprint density at radius 3 is 2.42 bits per heavy atom. The SMILES string of the molecule is CC(=O)[P+]([O-])=N[C@@H](CO)C(=O)O. The largest absolute Gasteiger partial charge is 0.605 e. The molecule has 0 aromatic carbocycles. The van der Waals surface area contributed by atoms with E-state index < -0.39 is 32.1 Å². The van der Waals surface area contributed by atoms with Crippen molar-refractivity contribution in [2.45, 2.75) is 13.0 Å². The zero-order chi connectivity index (χ0) is 9.72. The van der Waals surface area contributed by atoms with Gasteiger partial charge in [-0.3, -0.25) is 0 Å². The second-order valence-electron chi connectivity index (χ2n) is 1.94. The highest BCUT2D eigenvalue weighted by Crippen LogP contribution is 2.16. The Morgan fingerprint density at radius 1 is 1.67 bits per heavy atom. The van der Waals surface area contributed by atoms with Crippen LogP contribution < -0.4 is 4.89 Å². The van der Waals surface area contributed by atoms with Crippen LogP contribution in [0.3, 0.4) is 0 Å². The monoisotopic (exact) mass is 193 g/mol. The number of hydrogen-bond donors (Lipinski definition) is 2. The van der Waals surface area contributed by atoms with Gasteiger partial charge in [-0.15, -0.1) is 0 Å². The van der Waals surface area contributed by atoms with Gasteiger partial charge in [0, 0.05) is 6.92 Å². The van der Waals surface area contributed by atoms with Gasteiger partial charge in [-0.2, -0.15) is 0 Å². The van der Waals surface area contributed by atoms with Crippen molar-refractivity contribution in [3.05, 3.63) is 0 Å². The summed E-state index contributed by atoms with van der Waals surface area (Å²) in [5.41, 5.74) is -0.704. The van der Waals surface area contributed by atoms with E-state index in [1.165, 1.54) is 0 Å². The van der Waals surface area contributed by atoms with Crippen LogP contribution in [0.1, 0.15) is 6.92 Å². The molecule has 0 amide bonds. The van der Waals surface area contributed by atoms with E-state index in [0.717, 1.165) is 6.92 Å². The molecule has 0 aromatic rings. The number of aliphatic hydroxyl groups excluding tert-OH is 1. The summed E-state index contributed by atoms with van der Waals surface area (Å²) >= 11 is 0. The Bertz CT molecular complexity index is 226. The molecule has 2 N–H and O–H groups in total. The topological polar surface area (TPSA) is 110 Å². The zero-order valence-corrected chi connectivity index (χ0v) is 7.19. The molecule has 7 heteroatoms. The third kappa shape index (κ3) is 3.52. The average Bonchev–Trinajstić information content (AvgIpc) is 1.98. The van der Waals surface area contributed by atoms with Crippen molar-refractivity contribution in [1.29, 1.82) is 0 Å². The van der Waals surface area contributed by atoms with Crippen LogP contribution in [0, 0.1) is 0 Å². The van der Waals surface area contributed by atoms with Gasteiger partial charge < -0.3 is 15.1 Å².